The summed E-state index contributed by atoms with van der Waals surface area (Å²) in [6, 6.07) is 7.61. The molecule has 0 saturated carbocycles. The van der Waals surface area contributed by atoms with E-state index in [1.54, 1.807) is 49.0 Å². The number of carbonyl (C=O) groups is 4. The molecule has 212 valence electrons. The fourth-order valence-electron chi connectivity index (χ4n) is 4.54. The van der Waals surface area contributed by atoms with Gasteiger partial charge in [0.1, 0.15) is 17.8 Å². The van der Waals surface area contributed by atoms with Gasteiger partial charge in [-0.25, -0.2) is 0 Å². The summed E-state index contributed by atoms with van der Waals surface area (Å²) >= 11 is 0. The first-order valence-corrected chi connectivity index (χ1v) is 13.4. The molecule has 11 heteroatoms. The van der Waals surface area contributed by atoms with Crippen molar-refractivity contribution in [1.29, 1.82) is 0 Å². The van der Waals surface area contributed by atoms with E-state index in [1.807, 2.05) is 25.2 Å². The Morgan fingerprint density at radius 3 is 2.46 bits per heavy atom. The lowest BCUT2D eigenvalue weighted by atomic mass is 10.0. The van der Waals surface area contributed by atoms with E-state index in [1.165, 1.54) is 4.90 Å². The van der Waals surface area contributed by atoms with Crippen molar-refractivity contribution < 1.29 is 23.9 Å². The van der Waals surface area contributed by atoms with Gasteiger partial charge in [0.2, 0.25) is 23.6 Å². The van der Waals surface area contributed by atoms with Crippen LogP contribution in [0.1, 0.15) is 43.9 Å². The largest absolute Gasteiger partial charge is 0.497 e. The van der Waals surface area contributed by atoms with Crippen LogP contribution in [0.25, 0.3) is 0 Å². The lowest BCUT2D eigenvalue weighted by Crippen LogP contribution is -2.54. The summed E-state index contributed by atoms with van der Waals surface area (Å²) in [5.41, 5.74) is 1.82. The molecule has 3 rings (SSSR count). The number of methoxy groups -OCH3 is 1. The predicted molar refractivity (Wildman–Crippen MR) is 146 cm³/mol. The van der Waals surface area contributed by atoms with Crippen molar-refractivity contribution in [3.8, 4) is 5.75 Å². The van der Waals surface area contributed by atoms with E-state index in [4.69, 9.17) is 4.74 Å². The smallest absolute Gasteiger partial charge is 0.245 e. The Kier molecular flexibility index (Phi) is 10.9. The van der Waals surface area contributed by atoms with Crippen LogP contribution in [0, 0.1) is 0 Å². The summed E-state index contributed by atoms with van der Waals surface area (Å²) in [6.07, 6.45) is 4.09. The third kappa shape index (κ3) is 8.56. The number of hydrogen-bond acceptors (Lipinski definition) is 6. The Hall–Kier alpha value is -3.89. The van der Waals surface area contributed by atoms with Crippen molar-refractivity contribution in [2.75, 3.05) is 33.8 Å². The van der Waals surface area contributed by atoms with E-state index >= 15 is 0 Å². The van der Waals surface area contributed by atoms with E-state index in [0.717, 1.165) is 11.3 Å². The second-order valence-electron chi connectivity index (χ2n) is 9.87. The Labute approximate surface area is 229 Å². The number of likely N-dealkylation sites (N-methyl/N-ethyl adjacent to an activating group) is 1. The molecule has 39 heavy (non-hydrogen) atoms. The molecule has 0 unspecified atom stereocenters. The highest BCUT2D eigenvalue weighted by molar-refractivity contribution is 5.92. The second kappa shape index (κ2) is 14.3. The Morgan fingerprint density at radius 2 is 1.79 bits per heavy atom. The topological polar surface area (TPSA) is 126 Å². The van der Waals surface area contributed by atoms with Crippen LogP contribution in [0.15, 0.2) is 36.5 Å². The van der Waals surface area contributed by atoms with E-state index in [2.05, 4.69) is 15.7 Å². The van der Waals surface area contributed by atoms with Gasteiger partial charge >= 0.3 is 0 Å². The summed E-state index contributed by atoms with van der Waals surface area (Å²) in [4.78, 5) is 55.3. The molecule has 4 amide bonds. The summed E-state index contributed by atoms with van der Waals surface area (Å²) in [5.74, 6) is -0.219. The lowest BCUT2D eigenvalue weighted by molar-refractivity contribution is -0.141. The molecule has 0 aliphatic carbocycles. The van der Waals surface area contributed by atoms with Crippen LogP contribution in [-0.4, -0.2) is 89.1 Å². The molecule has 2 atom stereocenters. The number of rotatable bonds is 6. The van der Waals surface area contributed by atoms with Gasteiger partial charge in [-0.1, -0.05) is 12.1 Å². The number of benzene rings is 1. The monoisotopic (exact) mass is 540 g/mol. The van der Waals surface area contributed by atoms with Gasteiger partial charge < -0.3 is 25.2 Å². The van der Waals surface area contributed by atoms with Crippen LogP contribution in [0.2, 0.25) is 0 Å². The van der Waals surface area contributed by atoms with Crippen molar-refractivity contribution in [2.24, 2.45) is 7.05 Å². The van der Waals surface area contributed by atoms with E-state index in [9.17, 15) is 19.2 Å². The number of ether oxygens (including phenoxy) is 1. The predicted octanol–water partition coefficient (Wildman–Crippen LogP) is 1.06. The molecule has 2 aromatic rings. The Balaban J connectivity index is 1.71. The van der Waals surface area contributed by atoms with E-state index < -0.39 is 12.1 Å². The van der Waals surface area contributed by atoms with Gasteiger partial charge in [-0.3, -0.25) is 23.9 Å². The molecule has 1 aliphatic rings. The summed E-state index contributed by atoms with van der Waals surface area (Å²) in [6.45, 7) is 2.92. The molecule has 2 N–H and O–H groups in total. The maximum Gasteiger partial charge on any atom is 0.245 e. The normalized spacial score (nSPS) is 20.1. The molecule has 1 fully saturated rings. The second-order valence-corrected chi connectivity index (χ2v) is 9.87. The molecule has 1 aromatic carbocycles. The average molecular weight is 541 g/mol. The Morgan fingerprint density at radius 1 is 1.08 bits per heavy atom. The zero-order valence-corrected chi connectivity index (χ0v) is 23.3. The number of aromatic nitrogens is 2. The van der Waals surface area contributed by atoms with Gasteiger partial charge in [0.05, 0.1) is 7.11 Å². The average Bonchev–Trinajstić information content (AvgIpc) is 3.35. The van der Waals surface area contributed by atoms with Crippen LogP contribution in [-0.2, 0) is 39.1 Å². The van der Waals surface area contributed by atoms with Crippen molar-refractivity contribution in [3.05, 3.63) is 47.8 Å². The molecule has 1 saturated heterocycles. The number of nitrogens with zero attached hydrogens (tertiary/aromatic N) is 4. The standard InChI is InChI=1S/C28H40N6O5/c1-20-27(37)29-15-6-18-34(26(36)13-10-22-14-16-30-33(22)3)17-5-7-25(35)31-24(28(38)32(20)2)19-21-8-11-23(39-4)12-9-21/h8-9,11-12,14,16,20,24H,5-7,10,13,15,17-19H2,1-4H3,(H,29,37)(H,31,35)/t20-,24-/m0/s1. The minimum Gasteiger partial charge on any atom is -0.497 e. The molecular formula is C28H40N6O5. The minimum absolute atomic E-state index is 0.00656. The van der Waals surface area contributed by atoms with Crippen molar-refractivity contribution in [1.82, 2.24) is 30.2 Å². The molecule has 0 radical (unpaired) electrons. The quantitative estimate of drug-likeness (QED) is 0.565. The lowest BCUT2D eigenvalue weighted by Gasteiger charge is -2.29. The third-order valence-electron chi connectivity index (χ3n) is 7.15. The van der Waals surface area contributed by atoms with E-state index in [-0.39, 0.29) is 36.5 Å². The van der Waals surface area contributed by atoms with Gasteiger partial charge in [0.25, 0.3) is 0 Å². The number of carbonyl (C=O) groups excluding carboxylic acids is 4. The minimum atomic E-state index is -0.840. The van der Waals surface area contributed by atoms with Crippen molar-refractivity contribution in [3.63, 3.8) is 0 Å². The van der Waals surface area contributed by atoms with Gasteiger partial charge in [-0.2, -0.15) is 5.10 Å². The number of amides is 4. The number of nitrogens with one attached hydrogen (secondary N) is 2. The van der Waals surface area contributed by atoms with Gasteiger partial charge in [0, 0.05) is 64.9 Å². The van der Waals surface area contributed by atoms with Crippen molar-refractivity contribution >= 4 is 23.6 Å². The fourth-order valence-corrected chi connectivity index (χ4v) is 4.54. The fraction of sp³-hybridized carbons (Fsp3) is 0.536. The first-order valence-electron chi connectivity index (χ1n) is 13.4. The number of aryl methyl sites for hydroxylation is 2. The van der Waals surface area contributed by atoms with Gasteiger partial charge in [-0.05, 0) is 49.9 Å². The third-order valence-corrected chi connectivity index (χ3v) is 7.15. The maximum atomic E-state index is 13.4. The van der Waals surface area contributed by atoms with Crippen LogP contribution >= 0.6 is 0 Å². The molecule has 2 heterocycles. The zero-order chi connectivity index (χ0) is 28.4. The first-order chi connectivity index (χ1) is 18.7. The van der Waals surface area contributed by atoms with Crippen LogP contribution in [0.3, 0.4) is 0 Å². The molecular weight excluding hydrogens is 500 g/mol. The maximum absolute atomic E-state index is 13.4. The summed E-state index contributed by atoms with van der Waals surface area (Å²) in [5, 5.41) is 9.89. The van der Waals surface area contributed by atoms with E-state index in [0.29, 0.717) is 51.1 Å². The van der Waals surface area contributed by atoms with Crippen molar-refractivity contribution in [2.45, 2.75) is 57.5 Å². The highest BCUT2D eigenvalue weighted by Crippen LogP contribution is 2.15. The molecule has 0 bridgehead atoms. The van der Waals surface area contributed by atoms with Gasteiger partial charge in [0.15, 0.2) is 0 Å². The highest BCUT2D eigenvalue weighted by Gasteiger charge is 2.30. The van der Waals surface area contributed by atoms with Crippen LogP contribution < -0.4 is 15.4 Å². The summed E-state index contributed by atoms with van der Waals surface area (Å²) < 4.78 is 6.96. The van der Waals surface area contributed by atoms with Gasteiger partial charge in [-0.15, -0.1) is 0 Å². The van der Waals surface area contributed by atoms with Crippen LogP contribution in [0.5, 0.6) is 5.75 Å². The zero-order valence-electron chi connectivity index (χ0n) is 23.3. The molecule has 1 aromatic heterocycles. The first kappa shape index (κ1) is 29.7. The van der Waals surface area contributed by atoms with Crippen LogP contribution in [0.4, 0.5) is 0 Å². The SMILES string of the molecule is COc1ccc(C[C@@H]2NC(=O)CCCN(C(=O)CCc3ccnn3C)CCCNC(=O)[C@H](C)N(C)C2=O)cc1. The highest BCUT2D eigenvalue weighted by atomic mass is 16.5. The Bertz CT molecular complexity index is 1130. The molecule has 1 aliphatic heterocycles. The molecule has 0 spiro atoms. The summed E-state index contributed by atoms with van der Waals surface area (Å²) in [7, 11) is 4.99. The number of hydrogen-bond donors (Lipinski definition) is 2. The molecule has 11 nitrogen and oxygen atoms in total.